The fraction of sp³-hybridized carbons (Fsp3) is 0.619. The number of ether oxygens (including phenoxy) is 1. The molecule has 2 fully saturated rings. The molecule has 162 valence electrons. The van der Waals surface area contributed by atoms with Gasteiger partial charge in [0.2, 0.25) is 0 Å². The van der Waals surface area contributed by atoms with Gasteiger partial charge in [0.1, 0.15) is 0 Å². The van der Waals surface area contributed by atoms with Crippen LogP contribution in [0.5, 0.6) is 0 Å². The zero-order valence-corrected chi connectivity index (χ0v) is 17.3. The third-order valence-corrected chi connectivity index (χ3v) is 5.92. The maximum Gasteiger partial charge on any atom is 0.414 e. The predicted octanol–water partition coefficient (Wildman–Crippen LogP) is 2.89. The van der Waals surface area contributed by atoms with E-state index in [4.69, 9.17) is 36.1 Å². The lowest BCUT2D eigenvalue weighted by molar-refractivity contribution is -0.159. The van der Waals surface area contributed by atoms with Crippen LogP contribution >= 0.6 is 11.6 Å². The second-order valence-electron chi connectivity index (χ2n) is 7.72. The Morgan fingerprint density at radius 3 is 2.41 bits per heavy atom. The Bertz CT molecular complexity index is 658. The Hall–Kier alpha value is -1.67. The topological polar surface area (TPSA) is 107 Å². The number of hydrogen-bond donors (Lipinski definition) is 3. The van der Waals surface area contributed by atoms with Crippen LogP contribution in [0.3, 0.4) is 0 Å². The summed E-state index contributed by atoms with van der Waals surface area (Å²) >= 11 is 6.11. The lowest BCUT2D eigenvalue weighted by Gasteiger charge is -2.41. The summed E-state index contributed by atoms with van der Waals surface area (Å²) in [5, 5.41) is 25.8. The second-order valence-corrected chi connectivity index (χ2v) is 8.13. The van der Waals surface area contributed by atoms with E-state index in [-0.39, 0.29) is 0 Å². The monoisotopic (exact) mass is 427 g/mol. The molecule has 3 atom stereocenters. The third-order valence-electron chi connectivity index (χ3n) is 5.55. The molecule has 7 nitrogen and oxygen atoms in total. The Morgan fingerprint density at radius 2 is 1.76 bits per heavy atom. The van der Waals surface area contributed by atoms with Crippen LogP contribution in [0, 0.1) is 11.8 Å². The van der Waals surface area contributed by atoms with Crippen LogP contribution in [0.2, 0.25) is 5.02 Å². The molecule has 3 unspecified atom stereocenters. The van der Waals surface area contributed by atoms with E-state index in [0.29, 0.717) is 13.2 Å². The van der Waals surface area contributed by atoms with Gasteiger partial charge in [0.15, 0.2) is 0 Å². The minimum Gasteiger partial charge on any atom is -0.473 e. The van der Waals surface area contributed by atoms with Gasteiger partial charge in [-0.3, -0.25) is 0 Å². The number of aliphatic carboxylic acids is 2. The van der Waals surface area contributed by atoms with Crippen molar-refractivity contribution in [3.8, 4) is 0 Å². The average molecular weight is 428 g/mol. The summed E-state index contributed by atoms with van der Waals surface area (Å²) in [4.78, 5) is 20.6. The molecule has 0 aromatic heterocycles. The molecule has 0 amide bonds. The Morgan fingerprint density at radius 1 is 1.10 bits per heavy atom. The van der Waals surface area contributed by atoms with Crippen molar-refractivity contribution in [1.82, 2.24) is 4.90 Å². The molecule has 1 heterocycles. The van der Waals surface area contributed by atoms with Crippen LogP contribution in [-0.2, 0) is 20.9 Å². The minimum absolute atomic E-state index is 0.371. The van der Waals surface area contributed by atoms with Crippen molar-refractivity contribution in [3.63, 3.8) is 0 Å². The molecular formula is C21H30ClNO6. The molecule has 8 heteroatoms. The number of nitrogens with zero attached hydrogens (tertiary/aromatic N) is 1. The number of rotatable bonds is 6. The van der Waals surface area contributed by atoms with E-state index in [2.05, 4.69) is 4.90 Å². The zero-order valence-electron chi connectivity index (χ0n) is 16.5. The van der Waals surface area contributed by atoms with E-state index in [1.807, 2.05) is 24.3 Å². The number of piperidine rings is 1. The number of hydrogen-bond acceptors (Lipinski definition) is 5. The summed E-state index contributed by atoms with van der Waals surface area (Å²) in [5.41, 5.74) is 0.976. The second kappa shape index (κ2) is 12.1. The van der Waals surface area contributed by atoms with Crippen molar-refractivity contribution in [2.24, 2.45) is 11.8 Å². The first-order valence-electron chi connectivity index (χ1n) is 10.0. The summed E-state index contributed by atoms with van der Waals surface area (Å²) in [6.45, 7) is 3.85. The van der Waals surface area contributed by atoms with Crippen LogP contribution in [0.1, 0.15) is 37.7 Å². The number of carboxylic acids is 2. The standard InChI is InChI=1S/C19H28ClNO2.C2H2O4/c20-19-8-4-3-7-17(19)13-23-14-18(22)12-21-10-9-15-5-1-2-6-16(15)11-21;3-1(4)2(5)6/h3-4,7-8,15-16,18,22H,1-2,5-6,9-14H2;(H,3,4)(H,5,6). The number of carboxylic acid groups (broad SMARTS) is 2. The van der Waals surface area contributed by atoms with E-state index < -0.39 is 18.0 Å². The molecule has 1 saturated carbocycles. The third kappa shape index (κ3) is 8.30. The molecule has 3 rings (SSSR count). The predicted molar refractivity (Wildman–Crippen MR) is 109 cm³/mol. The van der Waals surface area contributed by atoms with E-state index in [0.717, 1.165) is 42.1 Å². The van der Waals surface area contributed by atoms with Crippen molar-refractivity contribution < 1.29 is 29.6 Å². The number of carbonyl (C=O) groups is 2. The quantitative estimate of drug-likeness (QED) is 0.599. The number of likely N-dealkylation sites (tertiary alicyclic amines) is 1. The lowest BCUT2D eigenvalue weighted by Crippen LogP contribution is -2.45. The summed E-state index contributed by atoms with van der Waals surface area (Å²) in [6.07, 6.45) is 6.48. The van der Waals surface area contributed by atoms with Crippen LogP contribution < -0.4 is 0 Å². The van der Waals surface area contributed by atoms with Gasteiger partial charge in [-0.2, -0.15) is 0 Å². The van der Waals surface area contributed by atoms with Gasteiger partial charge in [0.05, 0.1) is 19.3 Å². The van der Waals surface area contributed by atoms with Gasteiger partial charge in [-0.25, -0.2) is 9.59 Å². The van der Waals surface area contributed by atoms with Crippen molar-refractivity contribution in [3.05, 3.63) is 34.9 Å². The molecule has 0 spiro atoms. The fourth-order valence-corrected chi connectivity index (χ4v) is 4.30. The van der Waals surface area contributed by atoms with Gasteiger partial charge in [0.25, 0.3) is 0 Å². The first-order valence-corrected chi connectivity index (χ1v) is 10.4. The number of β-amino-alcohol motifs (C(OH)–C–C–N with tert-alkyl or cyclic N) is 1. The highest BCUT2D eigenvalue weighted by Gasteiger charge is 2.31. The number of aliphatic hydroxyl groups is 1. The molecule has 1 aliphatic heterocycles. The normalized spacial score (nSPS) is 22.7. The van der Waals surface area contributed by atoms with Gasteiger partial charge >= 0.3 is 11.9 Å². The fourth-order valence-electron chi connectivity index (χ4n) is 4.11. The average Bonchev–Trinajstić information content (AvgIpc) is 2.70. The highest BCUT2D eigenvalue weighted by molar-refractivity contribution is 6.31. The number of aliphatic hydroxyl groups excluding tert-OH is 1. The highest BCUT2D eigenvalue weighted by Crippen LogP contribution is 2.35. The Balaban J connectivity index is 0.000000438. The van der Waals surface area contributed by atoms with Crippen molar-refractivity contribution >= 4 is 23.5 Å². The molecular weight excluding hydrogens is 398 g/mol. The van der Waals surface area contributed by atoms with Crippen LogP contribution in [-0.4, -0.2) is 64.5 Å². The zero-order chi connectivity index (χ0) is 21.2. The molecule has 0 bridgehead atoms. The molecule has 1 aliphatic carbocycles. The highest BCUT2D eigenvalue weighted by atomic mass is 35.5. The summed E-state index contributed by atoms with van der Waals surface area (Å²) in [5.74, 6) is -1.85. The molecule has 0 radical (unpaired) electrons. The van der Waals surface area contributed by atoms with Crippen LogP contribution in [0.4, 0.5) is 0 Å². The summed E-state index contributed by atoms with van der Waals surface area (Å²) < 4.78 is 5.65. The van der Waals surface area contributed by atoms with Crippen molar-refractivity contribution in [1.29, 1.82) is 0 Å². The van der Waals surface area contributed by atoms with E-state index >= 15 is 0 Å². The minimum atomic E-state index is -1.82. The van der Waals surface area contributed by atoms with Gasteiger partial charge < -0.3 is 25.0 Å². The Kier molecular flexibility index (Phi) is 9.87. The lowest BCUT2D eigenvalue weighted by atomic mass is 9.75. The summed E-state index contributed by atoms with van der Waals surface area (Å²) in [6, 6.07) is 7.69. The first-order chi connectivity index (χ1) is 13.9. The van der Waals surface area contributed by atoms with Crippen LogP contribution in [0.15, 0.2) is 24.3 Å². The largest absolute Gasteiger partial charge is 0.473 e. The molecule has 29 heavy (non-hydrogen) atoms. The number of benzene rings is 1. The van der Waals surface area contributed by atoms with E-state index in [1.165, 1.54) is 32.1 Å². The Labute approximate surface area is 176 Å². The first kappa shape index (κ1) is 23.6. The van der Waals surface area contributed by atoms with E-state index in [9.17, 15) is 5.11 Å². The van der Waals surface area contributed by atoms with Crippen molar-refractivity contribution in [2.75, 3.05) is 26.2 Å². The van der Waals surface area contributed by atoms with E-state index in [1.54, 1.807) is 0 Å². The SMILES string of the molecule is O=C(O)C(=O)O.OC(COCc1ccccc1Cl)CN1CCC2CCCCC2C1. The van der Waals surface area contributed by atoms with Crippen molar-refractivity contribution in [2.45, 2.75) is 44.8 Å². The van der Waals surface area contributed by atoms with Gasteiger partial charge in [0, 0.05) is 18.1 Å². The number of fused-ring (bicyclic) bond motifs is 1. The molecule has 1 aromatic rings. The van der Waals surface area contributed by atoms with Gasteiger partial charge in [-0.05, 0) is 42.9 Å². The van der Waals surface area contributed by atoms with Gasteiger partial charge in [-0.15, -0.1) is 0 Å². The molecule has 2 aliphatic rings. The maximum absolute atomic E-state index is 10.2. The molecule has 1 aromatic carbocycles. The smallest absolute Gasteiger partial charge is 0.414 e. The molecule has 1 saturated heterocycles. The molecule has 3 N–H and O–H groups in total. The maximum atomic E-state index is 10.2. The summed E-state index contributed by atoms with van der Waals surface area (Å²) in [7, 11) is 0. The van der Waals surface area contributed by atoms with Gasteiger partial charge in [-0.1, -0.05) is 49.1 Å². The van der Waals surface area contributed by atoms with Crippen LogP contribution in [0.25, 0.3) is 0 Å². The number of halogens is 1.